The lowest BCUT2D eigenvalue weighted by molar-refractivity contribution is -0.676. The van der Waals surface area contributed by atoms with Crippen molar-refractivity contribution in [2.45, 2.75) is 12.6 Å². The number of rotatable bonds is 8. The number of hydrogen-bond acceptors (Lipinski definition) is 6. The Morgan fingerprint density at radius 1 is 1.48 bits per heavy atom. The highest BCUT2D eigenvalue weighted by molar-refractivity contribution is 7.98. The lowest BCUT2D eigenvalue weighted by Gasteiger charge is -2.18. The van der Waals surface area contributed by atoms with Crippen LogP contribution in [0.3, 0.4) is 0 Å². The molecule has 0 amide bonds. The van der Waals surface area contributed by atoms with E-state index in [-0.39, 0.29) is 12.5 Å². The average Bonchev–Trinajstić information content (AvgIpc) is 2.90. The molecule has 0 unspecified atom stereocenters. The van der Waals surface area contributed by atoms with Gasteiger partial charge in [0.2, 0.25) is 0 Å². The summed E-state index contributed by atoms with van der Waals surface area (Å²) in [6.45, 7) is 1.28. The van der Waals surface area contributed by atoms with Gasteiger partial charge >= 0.3 is 0 Å². The van der Waals surface area contributed by atoms with Crippen LogP contribution in [0.1, 0.15) is 5.56 Å². The first kappa shape index (κ1) is 16.0. The van der Waals surface area contributed by atoms with Crippen LogP contribution in [0.15, 0.2) is 12.5 Å². The van der Waals surface area contributed by atoms with Crippen molar-refractivity contribution in [1.29, 1.82) is 0 Å². The van der Waals surface area contributed by atoms with E-state index < -0.39 is 6.10 Å². The Kier molecular flexibility index (Phi) is 5.80. The van der Waals surface area contributed by atoms with Crippen molar-refractivity contribution in [3.05, 3.63) is 18.1 Å². The fourth-order valence-corrected chi connectivity index (χ4v) is 3.11. The summed E-state index contributed by atoms with van der Waals surface area (Å²) in [6, 6.07) is 0. The summed E-state index contributed by atoms with van der Waals surface area (Å²) in [6.07, 6.45) is 4.67. The molecule has 0 saturated heterocycles. The van der Waals surface area contributed by atoms with E-state index in [0.29, 0.717) is 5.82 Å². The van der Waals surface area contributed by atoms with Crippen molar-refractivity contribution < 1.29 is 15.5 Å². The van der Waals surface area contributed by atoms with Gasteiger partial charge in [-0.1, -0.05) is 0 Å². The van der Waals surface area contributed by atoms with Crippen molar-refractivity contribution in [2.75, 3.05) is 30.9 Å². The highest BCUT2D eigenvalue weighted by Gasteiger charge is 2.20. The molecule has 0 spiro atoms. The van der Waals surface area contributed by atoms with Crippen LogP contribution in [-0.4, -0.2) is 56.4 Å². The van der Waals surface area contributed by atoms with E-state index in [9.17, 15) is 5.11 Å². The molecule has 8 heteroatoms. The van der Waals surface area contributed by atoms with Crippen LogP contribution < -0.4 is 11.1 Å². The minimum atomic E-state index is -0.672. The predicted molar refractivity (Wildman–Crippen MR) is 83.8 cm³/mol. The number of quaternary nitrogens is 1. The van der Waals surface area contributed by atoms with Gasteiger partial charge < -0.3 is 26.2 Å². The number of aliphatic hydroxyl groups excluding tert-OH is 2. The topological polar surface area (TPSA) is 125 Å². The maximum atomic E-state index is 9.79. The fourth-order valence-electron chi connectivity index (χ4n) is 2.32. The van der Waals surface area contributed by atoms with E-state index in [1.165, 1.54) is 6.33 Å². The molecule has 7 nitrogen and oxygen atoms in total. The molecule has 2 heterocycles. The number of aromatic nitrogens is 3. The number of aromatic amines is 1. The quantitative estimate of drug-likeness (QED) is 0.423. The van der Waals surface area contributed by atoms with E-state index >= 15 is 0 Å². The summed E-state index contributed by atoms with van der Waals surface area (Å²) in [4.78, 5) is 11.3. The van der Waals surface area contributed by atoms with Crippen molar-refractivity contribution >= 4 is 28.6 Å². The van der Waals surface area contributed by atoms with Crippen LogP contribution in [0.2, 0.25) is 0 Å². The van der Waals surface area contributed by atoms with Crippen LogP contribution >= 0.6 is 11.8 Å². The molecule has 0 aliphatic heterocycles. The van der Waals surface area contributed by atoms with Gasteiger partial charge in [-0.3, -0.25) is 0 Å². The molecule has 21 heavy (non-hydrogen) atoms. The van der Waals surface area contributed by atoms with Crippen LogP contribution in [-0.2, 0) is 6.54 Å². The number of nitrogens with zero attached hydrogens (tertiary/aromatic N) is 2. The van der Waals surface area contributed by atoms with E-state index in [4.69, 9.17) is 10.8 Å². The van der Waals surface area contributed by atoms with Gasteiger partial charge in [-0.15, -0.1) is 0 Å². The van der Waals surface area contributed by atoms with Gasteiger partial charge in [0.1, 0.15) is 23.9 Å². The fraction of sp³-hybridized carbons (Fsp3) is 0.538. The summed E-state index contributed by atoms with van der Waals surface area (Å²) in [5.74, 6) is 1.33. The molecular weight excluding hydrogens is 290 g/mol. The largest absolute Gasteiger partial charge is 0.394 e. The summed E-state index contributed by atoms with van der Waals surface area (Å²) >= 11 is 1.67. The SMILES string of the molecule is CSC[C@@H](C[NH2+]Cc1c[nH]c2c(N)ncnc12)[C@@H](O)CO. The molecule has 0 radical (unpaired) electrons. The predicted octanol–water partition coefficient (Wildman–Crippen LogP) is -1.06. The van der Waals surface area contributed by atoms with Gasteiger partial charge in [0.05, 0.1) is 24.8 Å². The Morgan fingerprint density at radius 2 is 2.29 bits per heavy atom. The first-order valence-electron chi connectivity index (χ1n) is 6.83. The summed E-state index contributed by atoms with van der Waals surface area (Å²) in [5.41, 5.74) is 8.44. The van der Waals surface area contributed by atoms with E-state index in [0.717, 1.165) is 35.4 Å². The lowest BCUT2D eigenvalue weighted by atomic mass is 10.1. The van der Waals surface area contributed by atoms with Crippen molar-refractivity contribution in [3.8, 4) is 0 Å². The lowest BCUT2D eigenvalue weighted by Crippen LogP contribution is -2.84. The van der Waals surface area contributed by atoms with Gasteiger partial charge in [-0.05, 0) is 6.26 Å². The molecule has 0 aromatic carbocycles. The molecule has 0 bridgehead atoms. The van der Waals surface area contributed by atoms with E-state index in [1.54, 1.807) is 11.8 Å². The monoisotopic (exact) mass is 312 g/mol. The Hall–Kier alpha value is -1.35. The number of thioether (sulfide) groups is 1. The molecule has 2 aromatic heterocycles. The zero-order valence-corrected chi connectivity index (χ0v) is 12.8. The highest BCUT2D eigenvalue weighted by atomic mass is 32.2. The number of nitrogens with one attached hydrogen (secondary N) is 1. The van der Waals surface area contributed by atoms with Crippen molar-refractivity contribution in [3.63, 3.8) is 0 Å². The molecule has 0 fully saturated rings. The number of nitrogens with two attached hydrogens (primary N) is 2. The Labute approximate surface area is 127 Å². The van der Waals surface area contributed by atoms with Crippen molar-refractivity contribution in [1.82, 2.24) is 15.0 Å². The number of fused-ring (bicyclic) bond motifs is 1. The van der Waals surface area contributed by atoms with Crippen molar-refractivity contribution in [2.24, 2.45) is 5.92 Å². The second-order valence-electron chi connectivity index (χ2n) is 4.99. The normalized spacial score (nSPS) is 14.4. The highest BCUT2D eigenvalue weighted by Crippen LogP contribution is 2.18. The van der Waals surface area contributed by atoms with Gasteiger partial charge in [0.15, 0.2) is 5.82 Å². The third-order valence-corrected chi connectivity index (χ3v) is 4.28. The molecule has 2 atom stereocenters. The zero-order valence-electron chi connectivity index (χ0n) is 12.0. The molecule has 0 saturated carbocycles. The summed E-state index contributed by atoms with van der Waals surface area (Å²) in [5, 5.41) is 21.0. The number of aliphatic hydroxyl groups is 2. The summed E-state index contributed by atoms with van der Waals surface area (Å²) < 4.78 is 0. The Morgan fingerprint density at radius 3 is 3.00 bits per heavy atom. The minimum Gasteiger partial charge on any atom is -0.394 e. The Balaban J connectivity index is 1.97. The van der Waals surface area contributed by atoms with Gasteiger partial charge in [-0.2, -0.15) is 11.8 Å². The van der Waals surface area contributed by atoms with Crippen LogP contribution in [0.5, 0.6) is 0 Å². The first-order valence-corrected chi connectivity index (χ1v) is 8.22. The molecule has 2 aromatic rings. The van der Waals surface area contributed by atoms with Crippen LogP contribution in [0.25, 0.3) is 11.0 Å². The first-order chi connectivity index (χ1) is 10.2. The molecule has 116 valence electrons. The Bertz CT molecular complexity index is 577. The number of anilines is 1. The molecule has 2 rings (SSSR count). The maximum absolute atomic E-state index is 9.79. The summed E-state index contributed by atoms with van der Waals surface area (Å²) in [7, 11) is 0. The maximum Gasteiger partial charge on any atom is 0.151 e. The third kappa shape index (κ3) is 3.85. The van der Waals surface area contributed by atoms with Gasteiger partial charge in [-0.25, -0.2) is 9.97 Å². The number of H-pyrrole nitrogens is 1. The standard InChI is InChI=1S/C13H21N5O2S/c1-21-6-9(10(20)5-19)3-15-2-8-4-16-12-11(8)17-7-18-13(12)14/h4,7,9-10,15-16,19-20H,2-3,5-6H2,1H3,(H2,14,17,18)/p+1/t9-,10+/m1/s1. The molecule has 0 aliphatic rings. The molecule has 7 N–H and O–H groups in total. The van der Waals surface area contributed by atoms with Gasteiger partial charge in [0, 0.05) is 17.9 Å². The third-order valence-electron chi connectivity index (χ3n) is 3.52. The molecular formula is C13H22N5O2S+. The second-order valence-corrected chi connectivity index (χ2v) is 5.90. The number of hydrogen-bond donors (Lipinski definition) is 5. The minimum absolute atomic E-state index is 0.0647. The zero-order chi connectivity index (χ0) is 15.2. The van der Waals surface area contributed by atoms with Crippen LogP contribution in [0, 0.1) is 5.92 Å². The smallest absolute Gasteiger partial charge is 0.151 e. The van der Waals surface area contributed by atoms with Crippen LogP contribution in [0.4, 0.5) is 5.82 Å². The molecule has 0 aliphatic carbocycles. The van der Waals surface area contributed by atoms with Gasteiger partial charge in [0.25, 0.3) is 0 Å². The second kappa shape index (κ2) is 7.60. The average molecular weight is 312 g/mol. The number of nitrogen functional groups attached to an aromatic ring is 1. The van der Waals surface area contributed by atoms with E-state index in [2.05, 4.69) is 20.3 Å². The van der Waals surface area contributed by atoms with E-state index in [1.807, 2.05) is 12.5 Å².